The topological polar surface area (TPSA) is 55.4 Å². The van der Waals surface area contributed by atoms with Crippen LogP contribution in [0, 0.1) is 0 Å². The Morgan fingerprint density at radius 1 is 0.432 bits per heavy atom. The lowest BCUT2D eigenvalue weighted by molar-refractivity contribution is 0.0836. The van der Waals surface area contributed by atoms with E-state index in [1.165, 1.54) is 10.4 Å². The Kier molecular flexibility index (Phi) is 13.9. The lowest BCUT2D eigenvalue weighted by Gasteiger charge is -2.31. The Morgan fingerprint density at radius 3 is 0.946 bits per heavy atom. The van der Waals surface area contributed by atoms with Gasteiger partial charge >= 0.3 is 17.6 Å². The predicted molar refractivity (Wildman–Crippen MR) is 157 cm³/mol. The van der Waals surface area contributed by atoms with Crippen molar-refractivity contribution in [3.63, 3.8) is 0 Å². The molecule has 0 amide bonds. The highest BCUT2D eigenvalue weighted by molar-refractivity contribution is 7.10. The maximum absolute atomic E-state index is 6.18. The van der Waals surface area contributed by atoms with E-state index in [9.17, 15) is 0 Å². The smallest absolute Gasteiger partial charge is 0.371 e. The molecule has 0 saturated heterocycles. The van der Waals surface area contributed by atoms with Crippen LogP contribution in [-0.4, -0.2) is 65.3 Å². The molecule has 6 nitrogen and oxygen atoms in total. The fourth-order valence-corrected chi connectivity index (χ4v) is 14.2. The van der Waals surface area contributed by atoms with Crippen LogP contribution in [0.2, 0.25) is 0 Å². The Bertz CT molecular complexity index is 828. The van der Waals surface area contributed by atoms with Crippen LogP contribution >= 0.6 is 0 Å². The molecule has 0 heterocycles. The maximum atomic E-state index is 6.18. The van der Waals surface area contributed by atoms with Gasteiger partial charge in [0.05, 0.1) is 0 Å². The average Bonchev–Trinajstić information content (AvgIpc) is 2.91. The Balaban J connectivity index is 2.84. The fraction of sp³-hybridized carbons (Fsp3) is 0.429. The molecule has 0 aromatic heterocycles. The zero-order valence-corrected chi connectivity index (χ0v) is 26.3. The second-order valence-corrected chi connectivity index (χ2v) is 16.4. The summed E-state index contributed by atoms with van der Waals surface area (Å²) in [5.41, 5.74) is 8.71. The summed E-state index contributed by atoms with van der Waals surface area (Å²) in [6.07, 6.45) is 0. The van der Waals surface area contributed by atoms with E-state index in [1.807, 2.05) is 53.7 Å². The van der Waals surface area contributed by atoms with Crippen molar-refractivity contribution in [3.8, 4) is 0 Å². The Hall–Kier alpha value is -1.67. The monoisotopic (exact) mass is 560 g/mol. The Labute approximate surface area is 227 Å². The molecular weight excluding hydrogens is 517 g/mol. The zero-order valence-electron chi connectivity index (χ0n) is 23.3. The van der Waals surface area contributed by atoms with E-state index in [-0.39, 0.29) is 0 Å². The normalized spacial score (nSPS) is 13.1. The molecule has 0 N–H and O–H groups in total. The standard InChI is InChI=1S/C28H44O6Si3/c1-7-29-36(30-8-2,31-9-3)25-23-35(27-19-15-13-16-20-27,28-21-17-14-18-22-28)24-26-37(32-10-4,33-11-5)34-12-6/h13-26H,7-12H2,1-6H3. The van der Waals surface area contributed by atoms with E-state index in [2.05, 4.69) is 71.3 Å². The summed E-state index contributed by atoms with van der Waals surface area (Å²) in [5, 5.41) is 2.43. The summed E-state index contributed by atoms with van der Waals surface area (Å²) in [6, 6.07) is 21.2. The van der Waals surface area contributed by atoms with Crippen molar-refractivity contribution in [2.75, 3.05) is 39.6 Å². The third-order valence-corrected chi connectivity index (χ3v) is 15.6. The lowest BCUT2D eigenvalue weighted by atomic mass is 10.4. The fourth-order valence-electron chi connectivity index (χ4n) is 4.25. The summed E-state index contributed by atoms with van der Waals surface area (Å²) in [7, 11) is -8.82. The van der Waals surface area contributed by atoms with Crippen LogP contribution < -0.4 is 10.4 Å². The first-order valence-corrected chi connectivity index (χ1v) is 19.1. The molecule has 0 spiro atoms. The third-order valence-electron chi connectivity index (χ3n) is 5.68. The van der Waals surface area contributed by atoms with Gasteiger partial charge in [0, 0.05) is 39.6 Å². The van der Waals surface area contributed by atoms with Crippen LogP contribution in [0.5, 0.6) is 0 Å². The third kappa shape index (κ3) is 8.67. The van der Waals surface area contributed by atoms with Gasteiger partial charge in [-0.25, -0.2) is 0 Å². The van der Waals surface area contributed by atoms with Crippen molar-refractivity contribution in [3.05, 3.63) is 83.5 Å². The molecule has 0 aliphatic rings. The van der Waals surface area contributed by atoms with E-state index < -0.39 is 25.7 Å². The molecule has 9 heteroatoms. The molecule has 2 aromatic rings. The summed E-state index contributed by atoms with van der Waals surface area (Å²) < 4.78 is 37.1. The SMILES string of the molecule is CCO[Si](C=C[Si](C=C[Si](OCC)(OCC)OCC)(c1ccccc1)c1ccccc1)(OCC)OCC. The molecule has 0 aliphatic heterocycles. The number of rotatable bonds is 18. The molecule has 37 heavy (non-hydrogen) atoms. The zero-order chi connectivity index (χ0) is 27.0. The van der Waals surface area contributed by atoms with Gasteiger partial charge < -0.3 is 26.6 Å². The number of hydrogen-bond donors (Lipinski definition) is 0. The lowest BCUT2D eigenvalue weighted by Crippen LogP contribution is -2.58. The molecule has 0 saturated carbocycles. The molecule has 0 atom stereocenters. The molecule has 0 aliphatic carbocycles. The van der Waals surface area contributed by atoms with Gasteiger partial charge in [-0.3, -0.25) is 0 Å². The molecule has 0 bridgehead atoms. The van der Waals surface area contributed by atoms with E-state index in [4.69, 9.17) is 26.6 Å². The van der Waals surface area contributed by atoms with E-state index in [1.54, 1.807) is 0 Å². The minimum absolute atomic E-state index is 0.507. The van der Waals surface area contributed by atoms with Gasteiger partial charge in [0.15, 0.2) is 8.07 Å². The van der Waals surface area contributed by atoms with Crippen molar-refractivity contribution in [2.24, 2.45) is 0 Å². The second kappa shape index (κ2) is 16.3. The minimum Gasteiger partial charge on any atom is -0.371 e. The Morgan fingerprint density at radius 2 is 0.703 bits per heavy atom. The molecule has 2 rings (SSSR count). The first kappa shape index (κ1) is 31.5. The van der Waals surface area contributed by atoms with Crippen LogP contribution in [0.1, 0.15) is 41.5 Å². The second-order valence-electron chi connectivity index (χ2n) is 8.07. The first-order valence-electron chi connectivity index (χ1n) is 13.3. The van der Waals surface area contributed by atoms with Crippen LogP contribution in [-0.2, 0) is 26.6 Å². The highest BCUT2D eigenvalue weighted by atomic mass is 28.4. The van der Waals surface area contributed by atoms with Gasteiger partial charge in [0.2, 0.25) is 0 Å². The number of hydrogen-bond acceptors (Lipinski definition) is 6. The van der Waals surface area contributed by atoms with Gasteiger partial charge in [0.1, 0.15) is 0 Å². The van der Waals surface area contributed by atoms with Gasteiger partial charge in [-0.05, 0) is 63.3 Å². The van der Waals surface area contributed by atoms with Gasteiger partial charge in [0.25, 0.3) is 0 Å². The molecule has 0 unspecified atom stereocenters. The van der Waals surface area contributed by atoms with Crippen LogP contribution in [0.15, 0.2) is 83.5 Å². The van der Waals surface area contributed by atoms with E-state index in [0.717, 1.165) is 0 Å². The van der Waals surface area contributed by atoms with Gasteiger partial charge in [-0.15, -0.1) is 0 Å². The van der Waals surface area contributed by atoms with Crippen molar-refractivity contribution in [1.29, 1.82) is 0 Å². The molecule has 204 valence electrons. The van der Waals surface area contributed by atoms with Crippen LogP contribution in [0.25, 0.3) is 0 Å². The summed E-state index contributed by atoms with van der Waals surface area (Å²) in [5.74, 6) is 0. The highest BCUT2D eigenvalue weighted by Crippen LogP contribution is 2.20. The van der Waals surface area contributed by atoms with Crippen molar-refractivity contribution in [2.45, 2.75) is 41.5 Å². The molecule has 0 radical (unpaired) electrons. The maximum Gasteiger partial charge on any atom is 0.528 e. The summed E-state index contributed by atoms with van der Waals surface area (Å²) in [4.78, 5) is 0. The van der Waals surface area contributed by atoms with Crippen LogP contribution in [0.4, 0.5) is 0 Å². The van der Waals surface area contributed by atoms with E-state index >= 15 is 0 Å². The minimum atomic E-state index is -3.05. The molecule has 0 fully saturated rings. The predicted octanol–water partition coefficient (Wildman–Crippen LogP) is 4.62. The highest BCUT2D eigenvalue weighted by Gasteiger charge is 2.43. The molecule has 2 aromatic carbocycles. The largest absolute Gasteiger partial charge is 0.528 e. The van der Waals surface area contributed by atoms with Gasteiger partial charge in [-0.1, -0.05) is 72.1 Å². The molecular formula is C28H44O6Si3. The van der Waals surface area contributed by atoms with Crippen molar-refractivity contribution in [1.82, 2.24) is 0 Å². The quantitative estimate of drug-likeness (QED) is 0.248. The van der Waals surface area contributed by atoms with Crippen molar-refractivity contribution < 1.29 is 26.6 Å². The van der Waals surface area contributed by atoms with Crippen molar-refractivity contribution >= 4 is 36.1 Å². The average molecular weight is 561 g/mol. The number of benzene rings is 2. The summed E-state index contributed by atoms with van der Waals surface area (Å²) in [6.45, 7) is 14.9. The van der Waals surface area contributed by atoms with Crippen LogP contribution in [0.3, 0.4) is 0 Å². The first-order chi connectivity index (χ1) is 18.0. The van der Waals surface area contributed by atoms with E-state index in [0.29, 0.717) is 39.6 Å². The van der Waals surface area contributed by atoms with Gasteiger partial charge in [-0.2, -0.15) is 0 Å². The summed E-state index contributed by atoms with van der Waals surface area (Å²) >= 11 is 0.